The molecule has 21 heavy (non-hydrogen) atoms. The molecule has 1 nitrogen and oxygen atoms in total. The van der Waals surface area contributed by atoms with E-state index in [4.69, 9.17) is 16.3 Å². The second-order valence-corrected chi connectivity index (χ2v) is 6.50. The van der Waals surface area contributed by atoms with Crippen LogP contribution in [0.4, 0.5) is 0 Å². The number of aryl methyl sites for hydroxylation is 2. The normalized spacial score (nSPS) is 18.2. The molecule has 2 atom stereocenters. The first kappa shape index (κ1) is 14.5. The molecule has 2 aromatic carbocycles. The Balaban J connectivity index is 2.07. The predicted octanol–water partition coefficient (Wildman–Crippen LogP) is 5.38. The van der Waals surface area contributed by atoms with Gasteiger partial charge in [0.05, 0.1) is 12.0 Å². The van der Waals surface area contributed by atoms with Crippen LogP contribution in [-0.2, 0) is 0 Å². The summed E-state index contributed by atoms with van der Waals surface area (Å²) in [5, 5.41) is -0.0488. The minimum absolute atomic E-state index is 0.0488. The number of para-hydroxylation sites is 1. The smallest absolute Gasteiger partial charge is 0.122 e. The van der Waals surface area contributed by atoms with Crippen LogP contribution in [0.25, 0.3) is 0 Å². The van der Waals surface area contributed by atoms with Gasteiger partial charge in [0.2, 0.25) is 0 Å². The van der Waals surface area contributed by atoms with Crippen LogP contribution in [0.1, 0.15) is 44.7 Å². The Morgan fingerprint density at radius 1 is 1.05 bits per heavy atom. The largest absolute Gasteiger partial charge is 0.493 e. The zero-order chi connectivity index (χ0) is 15.1. The Morgan fingerprint density at radius 3 is 2.33 bits per heavy atom. The highest BCUT2D eigenvalue weighted by Gasteiger charge is 2.33. The highest BCUT2D eigenvalue weighted by atomic mass is 35.5. The molecule has 0 fully saturated rings. The van der Waals surface area contributed by atoms with Gasteiger partial charge in [-0.2, -0.15) is 0 Å². The van der Waals surface area contributed by atoms with Crippen molar-refractivity contribution in [1.82, 2.24) is 0 Å². The Labute approximate surface area is 131 Å². The fraction of sp³-hybridized carbons (Fsp3) is 0.368. The van der Waals surface area contributed by atoms with Crippen molar-refractivity contribution < 1.29 is 4.74 Å². The first-order valence-corrected chi connectivity index (χ1v) is 7.87. The molecule has 0 amide bonds. The summed E-state index contributed by atoms with van der Waals surface area (Å²) in [4.78, 5) is 0. The predicted molar refractivity (Wildman–Crippen MR) is 88.7 cm³/mol. The second kappa shape index (κ2) is 5.38. The SMILES string of the molecule is Cc1cc(C)c(C)c(C(Cl)C2COc3ccccc32)c1C. The Morgan fingerprint density at radius 2 is 1.67 bits per heavy atom. The zero-order valence-corrected chi connectivity index (χ0v) is 13.8. The summed E-state index contributed by atoms with van der Waals surface area (Å²) in [6.07, 6.45) is 0. The molecule has 1 aliphatic heterocycles. The molecule has 3 rings (SSSR count). The number of hydrogen-bond donors (Lipinski definition) is 0. The van der Waals surface area contributed by atoms with Gasteiger partial charge >= 0.3 is 0 Å². The molecular formula is C19H21ClO. The molecule has 0 saturated heterocycles. The molecule has 1 aliphatic rings. The highest BCUT2D eigenvalue weighted by molar-refractivity contribution is 6.21. The van der Waals surface area contributed by atoms with Crippen molar-refractivity contribution in [2.75, 3.05) is 6.61 Å². The number of halogens is 1. The lowest BCUT2D eigenvalue weighted by atomic mass is 9.85. The maximum atomic E-state index is 6.91. The van der Waals surface area contributed by atoms with E-state index in [0.29, 0.717) is 6.61 Å². The maximum absolute atomic E-state index is 6.91. The van der Waals surface area contributed by atoms with E-state index < -0.39 is 0 Å². The average molecular weight is 301 g/mol. The van der Waals surface area contributed by atoms with E-state index in [0.717, 1.165) is 5.75 Å². The summed E-state index contributed by atoms with van der Waals surface area (Å²) in [5.74, 6) is 1.20. The number of rotatable bonds is 2. The van der Waals surface area contributed by atoms with E-state index in [2.05, 4.69) is 45.9 Å². The van der Waals surface area contributed by atoms with E-state index in [1.807, 2.05) is 12.1 Å². The van der Waals surface area contributed by atoms with Crippen LogP contribution in [0.15, 0.2) is 30.3 Å². The van der Waals surface area contributed by atoms with Crippen LogP contribution < -0.4 is 4.74 Å². The van der Waals surface area contributed by atoms with Crippen molar-refractivity contribution in [3.63, 3.8) is 0 Å². The molecule has 1 heterocycles. The topological polar surface area (TPSA) is 9.23 Å². The Kier molecular flexibility index (Phi) is 3.71. The molecule has 0 bridgehead atoms. The lowest BCUT2D eigenvalue weighted by Crippen LogP contribution is -2.12. The van der Waals surface area contributed by atoms with Gasteiger partial charge in [0, 0.05) is 11.5 Å². The van der Waals surface area contributed by atoms with Crippen LogP contribution >= 0.6 is 11.6 Å². The van der Waals surface area contributed by atoms with E-state index in [1.165, 1.54) is 33.4 Å². The van der Waals surface area contributed by atoms with Crippen molar-refractivity contribution in [1.29, 1.82) is 0 Å². The summed E-state index contributed by atoms with van der Waals surface area (Å²) in [7, 11) is 0. The summed E-state index contributed by atoms with van der Waals surface area (Å²) in [5.41, 5.74) is 7.75. The first-order valence-electron chi connectivity index (χ1n) is 7.43. The summed E-state index contributed by atoms with van der Waals surface area (Å²) in [6.45, 7) is 9.34. The molecule has 0 N–H and O–H groups in total. The summed E-state index contributed by atoms with van der Waals surface area (Å²) >= 11 is 6.91. The average Bonchev–Trinajstić information content (AvgIpc) is 2.89. The van der Waals surface area contributed by atoms with Crippen molar-refractivity contribution in [2.24, 2.45) is 0 Å². The van der Waals surface area contributed by atoms with Gasteiger partial charge in [-0.05, 0) is 61.6 Å². The number of benzene rings is 2. The quantitative estimate of drug-likeness (QED) is 0.677. The number of hydrogen-bond acceptors (Lipinski definition) is 1. The zero-order valence-electron chi connectivity index (χ0n) is 13.0. The molecule has 0 spiro atoms. The fourth-order valence-electron chi connectivity index (χ4n) is 3.29. The summed E-state index contributed by atoms with van der Waals surface area (Å²) < 4.78 is 5.81. The van der Waals surface area contributed by atoms with Crippen LogP contribution in [-0.4, -0.2) is 6.61 Å². The number of fused-ring (bicyclic) bond motifs is 1. The molecule has 2 heteroatoms. The van der Waals surface area contributed by atoms with Gasteiger partial charge < -0.3 is 4.74 Å². The van der Waals surface area contributed by atoms with Crippen molar-refractivity contribution >= 4 is 11.6 Å². The van der Waals surface area contributed by atoms with Gasteiger partial charge in [0.1, 0.15) is 5.75 Å². The van der Waals surface area contributed by atoms with Crippen molar-refractivity contribution in [2.45, 2.75) is 39.0 Å². The third-order valence-corrected chi connectivity index (χ3v) is 5.31. The molecule has 110 valence electrons. The molecular weight excluding hydrogens is 280 g/mol. The first-order chi connectivity index (χ1) is 10.0. The van der Waals surface area contributed by atoms with E-state index >= 15 is 0 Å². The molecule has 2 unspecified atom stereocenters. The standard InChI is InChI=1S/C19H21ClO/c1-11-9-12(2)14(4)18(13(11)3)19(20)16-10-21-17-8-6-5-7-15(16)17/h5-9,16,19H,10H2,1-4H3. The minimum atomic E-state index is -0.0488. The van der Waals surface area contributed by atoms with Crippen molar-refractivity contribution in [3.05, 3.63) is 63.7 Å². The van der Waals surface area contributed by atoms with Crippen LogP contribution in [0.5, 0.6) is 5.75 Å². The number of alkyl halides is 1. The second-order valence-electron chi connectivity index (χ2n) is 6.03. The Hall–Kier alpha value is -1.47. The van der Waals surface area contributed by atoms with Gasteiger partial charge in [-0.1, -0.05) is 24.3 Å². The van der Waals surface area contributed by atoms with E-state index in [9.17, 15) is 0 Å². The van der Waals surface area contributed by atoms with Gasteiger partial charge in [0.15, 0.2) is 0 Å². The molecule has 0 aromatic heterocycles. The summed E-state index contributed by atoms with van der Waals surface area (Å²) in [6, 6.07) is 10.5. The van der Waals surface area contributed by atoms with Gasteiger partial charge in [-0.25, -0.2) is 0 Å². The minimum Gasteiger partial charge on any atom is -0.493 e. The van der Waals surface area contributed by atoms with Crippen molar-refractivity contribution in [3.8, 4) is 5.75 Å². The fourth-order valence-corrected chi connectivity index (χ4v) is 3.83. The highest BCUT2D eigenvalue weighted by Crippen LogP contribution is 2.46. The Bertz CT molecular complexity index is 664. The molecule has 0 saturated carbocycles. The molecule has 0 aliphatic carbocycles. The molecule has 2 aromatic rings. The third-order valence-electron chi connectivity index (χ3n) is 4.79. The van der Waals surface area contributed by atoms with Gasteiger partial charge in [0.25, 0.3) is 0 Å². The monoisotopic (exact) mass is 300 g/mol. The third kappa shape index (κ3) is 2.34. The van der Waals surface area contributed by atoms with Gasteiger partial charge in [-0.3, -0.25) is 0 Å². The van der Waals surface area contributed by atoms with Gasteiger partial charge in [-0.15, -0.1) is 11.6 Å². The van der Waals surface area contributed by atoms with E-state index in [1.54, 1.807) is 0 Å². The number of ether oxygens (including phenoxy) is 1. The van der Waals surface area contributed by atoms with Crippen LogP contribution in [0.2, 0.25) is 0 Å². The van der Waals surface area contributed by atoms with E-state index in [-0.39, 0.29) is 11.3 Å². The van der Waals surface area contributed by atoms with Crippen LogP contribution in [0, 0.1) is 27.7 Å². The lowest BCUT2D eigenvalue weighted by molar-refractivity contribution is 0.327. The maximum Gasteiger partial charge on any atom is 0.122 e. The lowest BCUT2D eigenvalue weighted by Gasteiger charge is -2.23. The molecule has 0 radical (unpaired) electrons. The van der Waals surface area contributed by atoms with Crippen LogP contribution in [0.3, 0.4) is 0 Å².